The third kappa shape index (κ3) is 2.18. The molecule has 2 nitrogen and oxygen atoms in total. The Morgan fingerprint density at radius 2 is 1.80 bits per heavy atom. The molecule has 100 valence electrons. The normalized spacial score (nSPS) is 10.9. The van der Waals surface area contributed by atoms with Crippen LogP contribution in [0.15, 0.2) is 42.5 Å². The lowest BCUT2D eigenvalue weighted by Gasteiger charge is -2.01. The molecule has 0 amide bonds. The third-order valence-electron chi connectivity index (χ3n) is 2.96. The van der Waals surface area contributed by atoms with Gasteiger partial charge in [-0.15, -0.1) is 11.3 Å². The number of hydrogen-bond donors (Lipinski definition) is 1. The van der Waals surface area contributed by atoms with Gasteiger partial charge in [-0.25, -0.2) is 0 Å². The van der Waals surface area contributed by atoms with Crippen molar-refractivity contribution in [1.29, 1.82) is 0 Å². The lowest BCUT2D eigenvalue weighted by atomic mass is 10.1. The molecule has 0 atom stereocenters. The monoisotopic (exact) mass is 322 g/mol. The SMILES string of the molecule is O=C(c1ccc(Cl)c(Cl)c1)c1sc2ccccc2c1O. The number of carbonyl (C=O) groups excluding carboxylic acids is 1. The largest absolute Gasteiger partial charge is 0.506 e. The fourth-order valence-corrected chi connectivity index (χ4v) is 3.31. The Kier molecular flexibility index (Phi) is 3.42. The Balaban J connectivity index is 2.12. The summed E-state index contributed by atoms with van der Waals surface area (Å²) >= 11 is 13.0. The quantitative estimate of drug-likeness (QED) is 0.663. The molecule has 3 aromatic rings. The highest BCUT2D eigenvalue weighted by atomic mass is 35.5. The molecular weight excluding hydrogens is 315 g/mol. The summed E-state index contributed by atoms with van der Waals surface area (Å²) in [5.74, 6) is -0.246. The number of aromatic hydroxyl groups is 1. The van der Waals surface area contributed by atoms with Crippen molar-refractivity contribution in [2.45, 2.75) is 0 Å². The van der Waals surface area contributed by atoms with E-state index in [9.17, 15) is 9.90 Å². The highest BCUT2D eigenvalue weighted by molar-refractivity contribution is 7.21. The highest BCUT2D eigenvalue weighted by Crippen LogP contribution is 2.38. The zero-order chi connectivity index (χ0) is 14.3. The van der Waals surface area contributed by atoms with Crippen molar-refractivity contribution in [2.24, 2.45) is 0 Å². The van der Waals surface area contributed by atoms with Crippen LogP contribution >= 0.6 is 34.5 Å². The van der Waals surface area contributed by atoms with Crippen LogP contribution in [0.2, 0.25) is 10.0 Å². The van der Waals surface area contributed by atoms with Crippen LogP contribution in [-0.4, -0.2) is 10.9 Å². The van der Waals surface area contributed by atoms with Gasteiger partial charge < -0.3 is 5.11 Å². The minimum Gasteiger partial charge on any atom is -0.506 e. The molecule has 1 N–H and O–H groups in total. The minimum absolute atomic E-state index is 0.0154. The van der Waals surface area contributed by atoms with Crippen LogP contribution < -0.4 is 0 Å². The molecule has 0 saturated heterocycles. The maximum atomic E-state index is 12.4. The van der Waals surface area contributed by atoms with E-state index in [0.717, 1.165) is 4.70 Å². The molecule has 5 heteroatoms. The summed E-state index contributed by atoms with van der Waals surface area (Å²) in [5.41, 5.74) is 0.404. The van der Waals surface area contributed by atoms with Gasteiger partial charge in [0, 0.05) is 15.6 Å². The molecule has 0 aliphatic carbocycles. The maximum Gasteiger partial charge on any atom is 0.206 e. The summed E-state index contributed by atoms with van der Waals surface area (Å²) in [5, 5.41) is 11.6. The van der Waals surface area contributed by atoms with E-state index in [4.69, 9.17) is 23.2 Å². The predicted octanol–water partition coefficient (Wildman–Crippen LogP) is 5.14. The number of rotatable bonds is 2. The van der Waals surface area contributed by atoms with Crippen LogP contribution in [-0.2, 0) is 0 Å². The Labute approximate surface area is 129 Å². The first-order chi connectivity index (χ1) is 9.58. The molecule has 20 heavy (non-hydrogen) atoms. The highest BCUT2D eigenvalue weighted by Gasteiger charge is 2.19. The molecule has 2 aromatic carbocycles. The number of benzene rings is 2. The van der Waals surface area contributed by atoms with E-state index in [-0.39, 0.29) is 11.5 Å². The first-order valence-corrected chi connectivity index (χ1v) is 7.35. The number of hydrogen-bond acceptors (Lipinski definition) is 3. The topological polar surface area (TPSA) is 37.3 Å². The van der Waals surface area contributed by atoms with E-state index in [0.29, 0.717) is 25.9 Å². The fourth-order valence-electron chi connectivity index (χ4n) is 1.95. The lowest BCUT2D eigenvalue weighted by molar-refractivity contribution is 0.104. The summed E-state index contributed by atoms with van der Waals surface area (Å²) in [4.78, 5) is 12.8. The van der Waals surface area contributed by atoms with Gasteiger partial charge in [0.25, 0.3) is 0 Å². The molecule has 0 unspecified atom stereocenters. The lowest BCUT2D eigenvalue weighted by Crippen LogP contribution is -1.98. The van der Waals surface area contributed by atoms with Crippen LogP contribution in [0.25, 0.3) is 10.1 Å². The van der Waals surface area contributed by atoms with Crippen molar-refractivity contribution in [3.05, 3.63) is 63.0 Å². The van der Waals surface area contributed by atoms with Gasteiger partial charge in [-0.1, -0.05) is 35.3 Å². The summed E-state index contributed by atoms with van der Waals surface area (Å²) in [7, 11) is 0. The third-order valence-corrected chi connectivity index (χ3v) is 4.86. The molecule has 1 aromatic heterocycles. The second-order valence-electron chi connectivity index (χ2n) is 4.23. The molecule has 0 saturated carbocycles. The van der Waals surface area contributed by atoms with Crippen molar-refractivity contribution in [1.82, 2.24) is 0 Å². The van der Waals surface area contributed by atoms with Crippen molar-refractivity contribution in [2.75, 3.05) is 0 Å². The summed E-state index contributed by atoms with van der Waals surface area (Å²) < 4.78 is 0.869. The number of fused-ring (bicyclic) bond motifs is 1. The Morgan fingerprint density at radius 3 is 2.50 bits per heavy atom. The van der Waals surface area contributed by atoms with Gasteiger partial charge >= 0.3 is 0 Å². The van der Waals surface area contributed by atoms with E-state index in [1.807, 2.05) is 18.2 Å². The van der Waals surface area contributed by atoms with Crippen molar-refractivity contribution in [3.63, 3.8) is 0 Å². The summed E-state index contributed by atoms with van der Waals surface area (Å²) in [6.07, 6.45) is 0. The Hall–Kier alpha value is -1.55. The van der Waals surface area contributed by atoms with Gasteiger partial charge in [0.15, 0.2) is 0 Å². The molecule has 1 heterocycles. The first-order valence-electron chi connectivity index (χ1n) is 5.78. The Bertz CT molecular complexity index is 824. The predicted molar refractivity (Wildman–Crippen MR) is 83.4 cm³/mol. The average Bonchev–Trinajstić information content (AvgIpc) is 2.79. The number of ketones is 1. The van der Waals surface area contributed by atoms with Crippen LogP contribution in [0.5, 0.6) is 5.75 Å². The van der Waals surface area contributed by atoms with Crippen molar-refractivity contribution in [3.8, 4) is 5.75 Å². The van der Waals surface area contributed by atoms with Crippen LogP contribution in [0.3, 0.4) is 0 Å². The van der Waals surface area contributed by atoms with Gasteiger partial charge in [0.2, 0.25) is 5.78 Å². The van der Waals surface area contributed by atoms with Crippen LogP contribution in [0, 0.1) is 0 Å². The number of carbonyl (C=O) groups is 1. The van der Waals surface area contributed by atoms with Crippen LogP contribution in [0.4, 0.5) is 0 Å². The number of thiophene rings is 1. The maximum absolute atomic E-state index is 12.4. The van der Waals surface area contributed by atoms with Gasteiger partial charge in [0.1, 0.15) is 10.6 Å². The van der Waals surface area contributed by atoms with E-state index in [1.54, 1.807) is 18.2 Å². The summed E-state index contributed by atoms with van der Waals surface area (Å²) in [6.45, 7) is 0. The molecule has 0 radical (unpaired) electrons. The van der Waals surface area contributed by atoms with Gasteiger partial charge in [0.05, 0.1) is 10.0 Å². The number of halogens is 2. The van der Waals surface area contributed by atoms with E-state index < -0.39 is 0 Å². The van der Waals surface area contributed by atoms with Gasteiger partial charge in [-0.05, 0) is 30.3 Å². The van der Waals surface area contributed by atoms with E-state index in [2.05, 4.69) is 0 Å². The minimum atomic E-state index is -0.262. The molecular formula is C15H8Cl2O2S. The molecule has 0 fully saturated rings. The molecule has 3 rings (SSSR count). The Morgan fingerprint density at radius 1 is 1.05 bits per heavy atom. The van der Waals surface area contributed by atoms with Crippen molar-refractivity contribution >= 4 is 50.4 Å². The molecule has 0 aliphatic rings. The zero-order valence-electron chi connectivity index (χ0n) is 10.1. The molecule has 0 aliphatic heterocycles. The zero-order valence-corrected chi connectivity index (χ0v) is 12.4. The molecule has 0 spiro atoms. The van der Waals surface area contributed by atoms with E-state index in [1.165, 1.54) is 17.4 Å². The second-order valence-corrected chi connectivity index (χ2v) is 6.10. The van der Waals surface area contributed by atoms with Gasteiger partial charge in [-0.2, -0.15) is 0 Å². The van der Waals surface area contributed by atoms with Crippen LogP contribution in [0.1, 0.15) is 15.2 Å². The fraction of sp³-hybridized carbons (Fsp3) is 0. The smallest absolute Gasteiger partial charge is 0.206 e. The summed E-state index contributed by atoms with van der Waals surface area (Å²) in [6, 6.07) is 12.0. The standard InChI is InChI=1S/C15H8Cl2O2S/c16-10-6-5-8(7-11(10)17)13(18)15-14(19)9-3-1-2-4-12(9)20-15/h1-7,19H. The van der Waals surface area contributed by atoms with Gasteiger partial charge in [-0.3, -0.25) is 4.79 Å². The van der Waals surface area contributed by atoms with Crippen molar-refractivity contribution < 1.29 is 9.90 Å². The first kappa shape index (κ1) is 13.4. The molecule has 0 bridgehead atoms. The van der Waals surface area contributed by atoms with E-state index >= 15 is 0 Å². The second kappa shape index (κ2) is 5.09. The average molecular weight is 323 g/mol.